The summed E-state index contributed by atoms with van der Waals surface area (Å²) < 4.78 is 5.92. The Kier molecular flexibility index (Phi) is 4.72. The Hall–Kier alpha value is -1.80. The summed E-state index contributed by atoms with van der Waals surface area (Å²) in [7, 11) is 2.09. The number of aryl methyl sites for hydroxylation is 3. The van der Waals surface area contributed by atoms with Gasteiger partial charge in [-0.1, -0.05) is 0 Å². The SMILES string of the molecule is CCn1nc(C)c(CN(C)C[C@H]2OCC[C@H]2c2n[nH]c(C)n2)n1. The highest BCUT2D eigenvalue weighted by atomic mass is 16.5. The third-order valence-electron chi connectivity index (χ3n) is 4.27. The average molecular weight is 319 g/mol. The van der Waals surface area contributed by atoms with Crippen molar-refractivity contribution in [2.24, 2.45) is 0 Å². The molecular formula is C15H25N7O. The molecule has 0 spiro atoms. The number of rotatable bonds is 6. The predicted octanol–water partition coefficient (Wildman–Crippen LogP) is 1.04. The molecule has 126 valence electrons. The van der Waals surface area contributed by atoms with E-state index in [1.54, 1.807) is 4.80 Å². The van der Waals surface area contributed by atoms with Crippen LogP contribution in [0.3, 0.4) is 0 Å². The lowest BCUT2D eigenvalue weighted by atomic mass is 10.0. The van der Waals surface area contributed by atoms with Crippen molar-refractivity contribution in [3.63, 3.8) is 0 Å². The van der Waals surface area contributed by atoms with Crippen LogP contribution in [0.2, 0.25) is 0 Å². The van der Waals surface area contributed by atoms with Gasteiger partial charge >= 0.3 is 0 Å². The maximum atomic E-state index is 5.92. The average Bonchev–Trinajstić information content (AvgIpc) is 3.20. The van der Waals surface area contributed by atoms with E-state index in [1.165, 1.54) is 0 Å². The highest BCUT2D eigenvalue weighted by Crippen LogP contribution is 2.29. The van der Waals surface area contributed by atoms with E-state index in [0.29, 0.717) is 0 Å². The molecule has 0 unspecified atom stereocenters. The van der Waals surface area contributed by atoms with Crippen LogP contribution in [0.25, 0.3) is 0 Å². The van der Waals surface area contributed by atoms with E-state index in [2.05, 4.69) is 37.3 Å². The fraction of sp³-hybridized carbons (Fsp3) is 0.733. The highest BCUT2D eigenvalue weighted by molar-refractivity contribution is 5.07. The lowest BCUT2D eigenvalue weighted by Crippen LogP contribution is -2.32. The van der Waals surface area contributed by atoms with Crippen LogP contribution < -0.4 is 0 Å². The number of nitrogens with one attached hydrogen (secondary N) is 1. The molecule has 2 aromatic rings. The van der Waals surface area contributed by atoms with E-state index in [9.17, 15) is 0 Å². The van der Waals surface area contributed by atoms with Gasteiger partial charge in [0.1, 0.15) is 5.82 Å². The van der Waals surface area contributed by atoms with Crippen molar-refractivity contribution in [1.29, 1.82) is 0 Å². The first-order valence-electron chi connectivity index (χ1n) is 8.16. The normalized spacial score (nSPS) is 21.4. The number of likely N-dealkylation sites (N-methyl/N-ethyl adjacent to an activating group) is 1. The monoisotopic (exact) mass is 319 g/mol. The summed E-state index contributed by atoms with van der Waals surface area (Å²) in [5.41, 5.74) is 2.02. The second-order valence-electron chi connectivity index (χ2n) is 6.20. The molecule has 3 rings (SSSR count). The maximum Gasteiger partial charge on any atom is 0.156 e. The van der Waals surface area contributed by atoms with Crippen LogP contribution in [0.15, 0.2) is 0 Å². The zero-order valence-electron chi connectivity index (χ0n) is 14.3. The molecule has 1 aliphatic rings. The number of aromatic amines is 1. The quantitative estimate of drug-likeness (QED) is 0.856. The molecule has 0 aliphatic carbocycles. The predicted molar refractivity (Wildman–Crippen MR) is 85.0 cm³/mol. The first kappa shape index (κ1) is 16.1. The van der Waals surface area contributed by atoms with Crippen LogP contribution in [0, 0.1) is 13.8 Å². The van der Waals surface area contributed by atoms with Crippen LogP contribution in [-0.2, 0) is 17.8 Å². The molecule has 1 aliphatic heterocycles. The molecule has 0 bridgehead atoms. The molecule has 2 aromatic heterocycles. The Morgan fingerprint density at radius 1 is 1.35 bits per heavy atom. The molecule has 8 heteroatoms. The largest absolute Gasteiger partial charge is 0.376 e. The molecule has 23 heavy (non-hydrogen) atoms. The van der Waals surface area contributed by atoms with Gasteiger partial charge < -0.3 is 4.74 Å². The molecule has 0 radical (unpaired) electrons. The Balaban J connectivity index is 1.62. The summed E-state index contributed by atoms with van der Waals surface area (Å²) in [4.78, 5) is 8.45. The van der Waals surface area contributed by atoms with Crippen molar-refractivity contribution in [2.45, 2.75) is 52.3 Å². The molecule has 1 fully saturated rings. The Morgan fingerprint density at radius 2 is 2.17 bits per heavy atom. The molecule has 2 atom stereocenters. The minimum atomic E-state index is 0.122. The standard InChI is InChI=1S/C15H25N7O/c1-5-22-19-10(2)13(20-22)8-21(4)9-14-12(6-7-23-14)15-16-11(3)17-18-15/h12,14H,5-9H2,1-4H3,(H,16,17,18)/t12-,14-/m1/s1. The van der Waals surface area contributed by atoms with Gasteiger partial charge in [0.25, 0.3) is 0 Å². The van der Waals surface area contributed by atoms with Gasteiger partial charge in [0, 0.05) is 19.7 Å². The first-order valence-corrected chi connectivity index (χ1v) is 8.16. The van der Waals surface area contributed by atoms with E-state index in [0.717, 1.165) is 55.7 Å². The zero-order valence-corrected chi connectivity index (χ0v) is 14.3. The van der Waals surface area contributed by atoms with Crippen LogP contribution >= 0.6 is 0 Å². The van der Waals surface area contributed by atoms with E-state index in [-0.39, 0.29) is 12.0 Å². The summed E-state index contributed by atoms with van der Waals surface area (Å²) >= 11 is 0. The molecule has 1 N–H and O–H groups in total. The van der Waals surface area contributed by atoms with Gasteiger partial charge in [0.05, 0.1) is 30.0 Å². The lowest BCUT2D eigenvalue weighted by molar-refractivity contribution is 0.0707. The number of H-pyrrole nitrogens is 1. The van der Waals surface area contributed by atoms with Crippen molar-refractivity contribution in [3.05, 3.63) is 23.0 Å². The molecule has 0 aromatic carbocycles. The van der Waals surface area contributed by atoms with Crippen molar-refractivity contribution < 1.29 is 4.74 Å². The van der Waals surface area contributed by atoms with E-state index >= 15 is 0 Å². The Morgan fingerprint density at radius 3 is 2.83 bits per heavy atom. The smallest absolute Gasteiger partial charge is 0.156 e. The van der Waals surface area contributed by atoms with Crippen LogP contribution in [0.4, 0.5) is 0 Å². The minimum Gasteiger partial charge on any atom is -0.376 e. The van der Waals surface area contributed by atoms with E-state index < -0.39 is 0 Å². The summed E-state index contributed by atoms with van der Waals surface area (Å²) in [6, 6.07) is 0. The summed E-state index contributed by atoms with van der Waals surface area (Å²) in [6.07, 6.45) is 1.10. The van der Waals surface area contributed by atoms with Gasteiger partial charge in [-0.25, -0.2) is 4.98 Å². The van der Waals surface area contributed by atoms with Gasteiger partial charge in [0.2, 0.25) is 0 Å². The summed E-state index contributed by atoms with van der Waals surface area (Å²) in [5.74, 6) is 1.98. The van der Waals surface area contributed by atoms with Crippen LogP contribution in [0.5, 0.6) is 0 Å². The van der Waals surface area contributed by atoms with Gasteiger partial charge in [-0.2, -0.15) is 20.1 Å². The van der Waals surface area contributed by atoms with E-state index in [1.807, 2.05) is 20.8 Å². The zero-order chi connectivity index (χ0) is 16.4. The van der Waals surface area contributed by atoms with Crippen molar-refractivity contribution in [3.8, 4) is 0 Å². The maximum absolute atomic E-state index is 5.92. The van der Waals surface area contributed by atoms with Gasteiger partial charge in [-0.05, 0) is 34.2 Å². The minimum absolute atomic E-state index is 0.122. The van der Waals surface area contributed by atoms with E-state index in [4.69, 9.17) is 4.74 Å². The Labute approximate surface area is 136 Å². The number of nitrogens with zero attached hydrogens (tertiary/aromatic N) is 6. The third-order valence-corrected chi connectivity index (χ3v) is 4.27. The van der Waals surface area contributed by atoms with Crippen molar-refractivity contribution >= 4 is 0 Å². The number of hydrogen-bond donors (Lipinski definition) is 1. The number of ether oxygens (including phenoxy) is 1. The first-order chi connectivity index (χ1) is 11.1. The van der Waals surface area contributed by atoms with Gasteiger partial charge in [0.15, 0.2) is 5.82 Å². The molecule has 0 amide bonds. The fourth-order valence-electron chi connectivity index (χ4n) is 3.03. The third kappa shape index (κ3) is 3.59. The second kappa shape index (κ2) is 6.76. The van der Waals surface area contributed by atoms with Crippen LogP contribution in [0.1, 0.15) is 42.3 Å². The molecular weight excluding hydrogens is 294 g/mol. The fourth-order valence-corrected chi connectivity index (χ4v) is 3.03. The molecule has 8 nitrogen and oxygen atoms in total. The van der Waals surface area contributed by atoms with Gasteiger partial charge in [-0.3, -0.25) is 10.00 Å². The molecule has 1 saturated heterocycles. The number of hydrogen-bond acceptors (Lipinski definition) is 6. The molecule has 3 heterocycles. The summed E-state index contributed by atoms with van der Waals surface area (Å²) in [5, 5.41) is 16.2. The lowest BCUT2D eigenvalue weighted by Gasteiger charge is -2.23. The van der Waals surface area contributed by atoms with Gasteiger partial charge in [-0.15, -0.1) is 0 Å². The number of aromatic nitrogens is 6. The molecule has 0 saturated carbocycles. The van der Waals surface area contributed by atoms with Crippen molar-refractivity contribution in [1.82, 2.24) is 35.1 Å². The topological polar surface area (TPSA) is 84.8 Å². The highest BCUT2D eigenvalue weighted by Gasteiger charge is 2.33. The second-order valence-corrected chi connectivity index (χ2v) is 6.20. The van der Waals surface area contributed by atoms with Crippen LogP contribution in [-0.4, -0.2) is 61.4 Å². The summed E-state index contributed by atoms with van der Waals surface area (Å²) in [6.45, 7) is 9.14. The van der Waals surface area contributed by atoms with Crippen molar-refractivity contribution in [2.75, 3.05) is 20.2 Å². The Bertz CT molecular complexity index is 650.